The normalized spacial score (nSPS) is 19.7. The second-order valence-corrected chi connectivity index (χ2v) is 7.67. The summed E-state index contributed by atoms with van der Waals surface area (Å²) in [6, 6.07) is 21.2. The molecular weight excluding hydrogens is 264 g/mol. The van der Waals surface area contributed by atoms with E-state index >= 15 is 0 Å². The number of rotatable bonds is 3. The number of Topliss-reactive ketones (excluding diaryl/α,β-unsaturated/α-hetero) is 1. The Balaban J connectivity index is 2.02. The Morgan fingerprint density at radius 2 is 1.35 bits per heavy atom. The largest absolute Gasteiger partial charge is 0.299 e. The van der Waals surface area contributed by atoms with Gasteiger partial charge in [-0.1, -0.05) is 42.8 Å². The second-order valence-electron chi connectivity index (χ2n) is 5.27. The van der Waals surface area contributed by atoms with E-state index in [2.05, 4.69) is 48.5 Å². The summed E-state index contributed by atoms with van der Waals surface area (Å²) in [4.78, 5) is 15.1. The van der Waals surface area contributed by atoms with Crippen molar-refractivity contribution in [2.75, 3.05) is 0 Å². The Labute approximate surface area is 123 Å². The Bertz CT molecular complexity index is 525. The van der Waals surface area contributed by atoms with E-state index in [1.807, 2.05) is 12.1 Å². The summed E-state index contributed by atoms with van der Waals surface area (Å²) in [7, 11) is -0.558. The highest BCUT2D eigenvalue weighted by Gasteiger charge is 2.29. The molecule has 0 spiro atoms. The molecule has 0 bridgehead atoms. The van der Waals surface area contributed by atoms with Crippen molar-refractivity contribution in [3.63, 3.8) is 0 Å². The van der Waals surface area contributed by atoms with Crippen LogP contribution in [-0.4, -0.2) is 11.0 Å². The third-order valence-corrected chi connectivity index (χ3v) is 6.78. The van der Waals surface area contributed by atoms with Crippen LogP contribution in [0.3, 0.4) is 0 Å². The topological polar surface area (TPSA) is 17.1 Å². The molecule has 2 heteroatoms. The zero-order valence-electron chi connectivity index (χ0n) is 11.5. The Kier molecular flexibility index (Phi) is 4.22. The van der Waals surface area contributed by atoms with Crippen LogP contribution >= 0.6 is 10.9 Å². The van der Waals surface area contributed by atoms with Gasteiger partial charge in [0.1, 0.15) is 5.78 Å². The minimum Gasteiger partial charge on any atom is -0.299 e. The standard InChI is InChI=1S/C18H20OS/c19-17-13-7-8-14-18(17)20(15-9-3-1-4-10-15)16-11-5-2-6-12-16/h1-6,9-12,18,20H,7-8,13-14H2. The SMILES string of the molecule is O=C1CCCCC1[SH](c1ccccc1)c1ccccc1. The van der Waals surface area contributed by atoms with E-state index in [-0.39, 0.29) is 5.25 Å². The number of benzene rings is 2. The molecule has 1 unspecified atom stereocenters. The highest BCUT2D eigenvalue weighted by molar-refractivity contribution is 8.18. The molecule has 0 aliphatic heterocycles. The summed E-state index contributed by atoms with van der Waals surface area (Å²) in [5.41, 5.74) is 0. The van der Waals surface area contributed by atoms with Gasteiger partial charge in [-0.3, -0.25) is 4.79 Å². The maximum absolute atomic E-state index is 12.4. The van der Waals surface area contributed by atoms with Gasteiger partial charge in [-0.15, -0.1) is 0 Å². The molecule has 0 amide bonds. The van der Waals surface area contributed by atoms with Gasteiger partial charge in [0, 0.05) is 6.42 Å². The van der Waals surface area contributed by atoms with Gasteiger partial charge >= 0.3 is 0 Å². The van der Waals surface area contributed by atoms with Gasteiger partial charge in [0.25, 0.3) is 0 Å². The lowest BCUT2D eigenvalue weighted by Gasteiger charge is -2.33. The fourth-order valence-electron chi connectivity index (χ4n) is 2.92. The average molecular weight is 284 g/mol. The van der Waals surface area contributed by atoms with Crippen LogP contribution in [0.25, 0.3) is 0 Å². The van der Waals surface area contributed by atoms with Crippen molar-refractivity contribution in [1.29, 1.82) is 0 Å². The van der Waals surface area contributed by atoms with Crippen LogP contribution in [0.2, 0.25) is 0 Å². The van der Waals surface area contributed by atoms with E-state index in [9.17, 15) is 4.79 Å². The molecule has 0 aromatic heterocycles. The van der Waals surface area contributed by atoms with E-state index in [0.29, 0.717) is 5.78 Å². The maximum atomic E-state index is 12.4. The van der Waals surface area contributed by atoms with E-state index in [1.165, 1.54) is 16.2 Å². The molecular formula is C18H20OS. The highest BCUT2D eigenvalue weighted by Crippen LogP contribution is 2.51. The molecule has 2 aromatic rings. The van der Waals surface area contributed by atoms with Gasteiger partial charge in [-0.25, -0.2) is 0 Å². The Hall–Kier alpha value is -1.54. The van der Waals surface area contributed by atoms with Gasteiger partial charge in [0.2, 0.25) is 0 Å². The summed E-state index contributed by atoms with van der Waals surface area (Å²) >= 11 is 0. The van der Waals surface area contributed by atoms with Gasteiger partial charge in [-0.05, 0) is 46.9 Å². The Morgan fingerprint density at radius 1 is 0.800 bits per heavy atom. The molecule has 2 aromatic carbocycles. The maximum Gasteiger partial charge on any atom is 0.144 e. The third-order valence-electron chi connectivity index (χ3n) is 3.90. The van der Waals surface area contributed by atoms with Crippen LogP contribution in [-0.2, 0) is 4.79 Å². The van der Waals surface area contributed by atoms with Crippen LogP contribution in [0.4, 0.5) is 0 Å². The molecule has 0 saturated heterocycles. The summed E-state index contributed by atoms with van der Waals surface area (Å²) < 4.78 is 0. The van der Waals surface area contributed by atoms with Crippen molar-refractivity contribution in [2.24, 2.45) is 0 Å². The van der Waals surface area contributed by atoms with Crippen molar-refractivity contribution in [3.05, 3.63) is 60.7 Å². The molecule has 0 heterocycles. The van der Waals surface area contributed by atoms with Crippen molar-refractivity contribution in [1.82, 2.24) is 0 Å². The molecule has 104 valence electrons. The van der Waals surface area contributed by atoms with E-state index in [0.717, 1.165) is 19.3 Å². The first kappa shape index (κ1) is 13.4. The molecule has 1 aliphatic rings. The summed E-state index contributed by atoms with van der Waals surface area (Å²) in [6.45, 7) is 0. The monoisotopic (exact) mass is 284 g/mol. The summed E-state index contributed by atoms with van der Waals surface area (Å²) in [5.74, 6) is 0.468. The smallest absolute Gasteiger partial charge is 0.144 e. The molecule has 1 nitrogen and oxygen atoms in total. The van der Waals surface area contributed by atoms with Crippen LogP contribution in [0.5, 0.6) is 0 Å². The van der Waals surface area contributed by atoms with Crippen molar-refractivity contribution in [2.45, 2.75) is 40.7 Å². The molecule has 0 N–H and O–H groups in total. The van der Waals surface area contributed by atoms with Crippen molar-refractivity contribution in [3.8, 4) is 0 Å². The summed E-state index contributed by atoms with van der Waals surface area (Å²) in [5, 5.41) is 0.212. The number of carbonyl (C=O) groups is 1. The van der Waals surface area contributed by atoms with Crippen molar-refractivity contribution < 1.29 is 4.79 Å². The number of hydrogen-bond donors (Lipinski definition) is 1. The third kappa shape index (κ3) is 2.80. The molecule has 0 radical (unpaired) electrons. The second kappa shape index (κ2) is 6.27. The van der Waals surface area contributed by atoms with Gasteiger partial charge < -0.3 is 0 Å². The number of thiol groups is 1. The number of carbonyl (C=O) groups excluding carboxylic acids is 1. The number of ketones is 1. The zero-order chi connectivity index (χ0) is 13.8. The van der Waals surface area contributed by atoms with Gasteiger partial charge in [-0.2, -0.15) is 10.9 Å². The first-order valence-electron chi connectivity index (χ1n) is 7.28. The first-order valence-corrected chi connectivity index (χ1v) is 8.69. The summed E-state index contributed by atoms with van der Waals surface area (Å²) in [6.07, 6.45) is 4.08. The number of hydrogen-bond acceptors (Lipinski definition) is 1. The molecule has 3 rings (SSSR count). The quantitative estimate of drug-likeness (QED) is 0.814. The van der Waals surface area contributed by atoms with E-state index in [1.54, 1.807) is 0 Å². The zero-order valence-corrected chi connectivity index (χ0v) is 12.4. The van der Waals surface area contributed by atoms with E-state index < -0.39 is 10.9 Å². The lowest BCUT2D eigenvalue weighted by atomic mass is 9.99. The minimum absolute atomic E-state index is 0.212. The highest BCUT2D eigenvalue weighted by atomic mass is 32.2. The van der Waals surface area contributed by atoms with Crippen LogP contribution in [0.15, 0.2) is 70.5 Å². The van der Waals surface area contributed by atoms with Gasteiger partial charge in [0.15, 0.2) is 0 Å². The predicted molar refractivity (Wildman–Crippen MR) is 85.7 cm³/mol. The molecule has 1 aliphatic carbocycles. The van der Waals surface area contributed by atoms with Crippen LogP contribution < -0.4 is 0 Å². The minimum atomic E-state index is -0.558. The van der Waals surface area contributed by atoms with Crippen molar-refractivity contribution >= 4 is 16.7 Å². The molecule has 1 fully saturated rings. The predicted octanol–water partition coefficient (Wildman–Crippen LogP) is 4.62. The lowest BCUT2D eigenvalue weighted by molar-refractivity contribution is -0.119. The Morgan fingerprint density at radius 3 is 1.85 bits per heavy atom. The van der Waals surface area contributed by atoms with Crippen LogP contribution in [0.1, 0.15) is 25.7 Å². The lowest BCUT2D eigenvalue weighted by Crippen LogP contribution is -2.25. The fourth-order valence-corrected chi connectivity index (χ4v) is 5.79. The van der Waals surface area contributed by atoms with Gasteiger partial charge in [0.05, 0.1) is 5.25 Å². The average Bonchev–Trinajstić information content (AvgIpc) is 2.52. The fraction of sp³-hybridized carbons (Fsp3) is 0.278. The molecule has 1 atom stereocenters. The molecule has 20 heavy (non-hydrogen) atoms. The molecule has 1 saturated carbocycles. The van der Waals surface area contributed by atoms with E-state index in [4.69, 9.17) is 0 Å². The van der Waals surface area contributed by atoms with Crippen LogP contribution in [0, 0.1) is 0 Å². The first-order chi connectivity index (χ1) is 9.86.